The number of hydrogen-bond acceptors (Lipinski definition) is 6. The number of Topliss-reactive ketones (excluding diaryl/α,β-unsaturated/α-hetero) is 1. The molecule has 2 aromatic carbocycles. The third-order valence-corrected chi connectivity index (χ3v) is 11.4. The van der Waals surface area contributed by atoms with E-state index in [9.17, 15) is 14.4 Å². The van der Waals surface area contributed by atoms with Crippen molar-refractivity contribution in [1.82, 2.24) is 9.80 Å². The normalized spacial score (nSPS) is 25.8. The smallest absolute Gasteiger partial charge is 0.308 e. The predicted molar refractivity (Wildman–Crippen MR) is 179 cm³/mol. The molecule has 2 heterocycles. The van der Waals surface area contributed by atoms with Gasteiger partial charge in [-0.2, -0.15) is 0 Å². The average Bonchev–Trinajstić information content (AvgIpc) is 3.39. The van der Waals surface area contributed by atoms with Crippen LogP contribution in [0.1, 0.15) is 108 Å². The average molecular weight is 629 g/mol. The van der Waals surface area contributed by atoms with Crippen LogP contribution in [0.4, 0.5) is 0 Å². The number of aryl methyl sites for hydroxylation is 1. The fourth-order valence-corrected chi connectivity index (χ4v) is 9.37. The molecule has 1 spiro atoms. The molecule has 2 aliphatic heterocycles. The zero-order valence-electron chi connectivity index (χ0n) is 28.1. The quantitative estimate of drug-likeness (QED) is 0.122. The van der Waals surface area contributed by atoms with E-state index in [0.717, 1.165) is 45.1 Å². The van der Waals surface area contributed by atoms with E-state index in [1.807, 2.05) is 18.0 Å². The summed E-state index contributed by atoms with van der Waals surface area (Å²) in [7, 11) is 1.96. The maximum absolute atomic E-state index is 13.6. The number of hydrogen-bond donors (Lipinski definition) is 0. The number of benzene rings is 2. The first-order valence-electron chi connectivity index (χ1n) is 17.8. The lowest BCUT2D eigenvalue weighted by Gasteiger charge is -2.60. The van der Waals surface area contributed by atoms with Gasteiger partial charge in [0.1, 0.15) is 11.9 Å². The highest BCUT2D eigenvalue weighted by Crippen LogP contribution is 2.64. The van der Waals surface area contributed by atoms with Crippen molar-refractivity contribution in [3.63, 3.8) is 0 Å². The Bertz CT molecular complexity index is 1410. The molecule has 1 amide bonds. The van der Waals surface area contributed by atoms with Crippen molar-refractivity contribution in [2.24, 2.45) is 5.92 Å². The molecule has 2 bridgehead atoms. The number of unbranched alkanes of at least 4 members (excludes halogenated alkanes) is 7. The van der Waals surface area contributed by atoms with Crippen molar-refractivity contribution in [3.8, 4) is 11.5 Å². The Morgan fingerprint density at radius 1 is 0.935 bits per heavy atom. The lowest BCUT2D eigenvalue weighted by atomic mass is 9.51. The standard InChI is InChI=1S/C39H52N2O5/c1-27(42)26-41-24-23-39-31-20-21-32(38(39)46-37-34(45-28(2)43)22-19-30(36(37)39)25-33(31)41)40(3)35(44)18-14-9-7-5-4-6-8-11-15-29-16-12-10-13-17-29/h10,12-13,16-17,19,22,31-33,38H,4-9,11,14-15,18,20-21,23-26H2,1-3H3/t31-,32-,33+,38-,39-/m0/s1. The minimum absolute atomic E-state index is 0.0387. The number of carbonyl (C=O) groups is 3. The van der Waals surface area contributed by atoms with Crippen LogP contribution >= 0.6 is 0 Å². The van der Waals surface area contributed by atoms with E-state index in [-0.39, 0.29) is 41.3 Å². The second-order valence-corrected chi connectivity index (χ2v) is 14.4. The number of esters is 1. The zero-order chi connectivity index (χ0) is 32.3. The van der Waals surface area contributed by atoms with Crippen LogP contribution in [0.2, 0.25) is 0 Å². The van der Waals surface area contributed by atoms with Crippen molar-refractivity contribution >= 4 is 17.7 Å². The second kappa shape index (κ2) is 14.3. The molecule has 0 N–H and O–H groups in total. The van der Waals surface area contributed by atoms with Gasteiger partial charge in [-0.25, -0.2) is 0 Å². The Labute approximate surface area is 275 Å². The highest BCUT2D eigenvalue weighted by Gasteiger charge is 2.66. The van der Waals surface area contributed by atoms with Crippen LogP contribution in [0.15, 0.2) is 42.5 Å². The fourth-order valence-electron chi connectivity index (χ4n) is 9.37. The second-order valence-electron chi connectivity index (χ2n) is 14.4. The van der Waals surface area contributed by atoms with E-state index in [1.54, 1.807) is 6.92 Å². The summed E-state index contributed by atoms with van der Waals surface area (Å²) < 4.78 is 12.5. The molecule has 7 nitrogen and oxygen atoms in total. The summed E-state index contributed by atoms with van der Waals surface area (Å²) in [6, 6.07) is 14.9. The maximum atomic E-state index is 13.6. The first-order chi connectivity index (χ1) is 22.3. The van der Waals surface area contributed by atoms with Gasteiger partial charge in [0.2, 0.25) is 5.91 Å². The van der Waals surface area contributed by atoms with Crippen molar-refractivity contribution in [1.29, 1.82) is 0 Å². The van der Waals surface area contributed by atoms with Crippen LogP contribution < -0.4 is 9.47 Å². The monoisotopic (exact) mass is 628 g/mol. The molecule has 1 saturated carbocycles. The Hall–Kier alpha value is -3.19. The number of amides is 1. The number of piperidine rings is 1. The van der Waals surface area contributed by atoms with Crippen molar-refractivity contribution in [3.05, 3.63) is 59.2 Å². The van der Waals surface area contributed by atoms with Gasteiger partial charge in [0, 0.05) is 37.4 Å². The summed E-state index contributed by atoms with van der Waals surface area (Å²) in [5.74, 6) is 1.56. The number of likely N-dealkylation sites (tertiary alicyclic amines) is 1. The number of ether oxygens (including phenoxy) is 2. The molecule has 0 aromatic heterocycles. The highest BCUT2D eigenvalue weighted by atomic mass is 16.6. The Morgan fingerprint density at radius 2 is 1.65 bits per heavy atom. The Morgan fingerprint density at radius 3 is 2.37 bits per heavy atom. The van der Waals surface area contributed by atoms with Gasteiger partial charge in [0.15, 0.2) is 11.5 Å². The highest BCUT2D eigenvalue weighted by molar-refractivity contribution is 5.78. The van der Waals surface area contributed by atoms with Gasteiger partial charge >= 0.3 is 5.97 Å². The summed E-state index contributed by atoms with van der Waals surface area (Å²) in [6.07, 6.45) is 14.7. The van der Waals surface area contributed by atoms with E-state index in [0.29, 0.717) is 30.4 Å². The van der Waals surface area contributed by atoms with Gasteiger partial charge < -0.3 is 14.4 Å². The van der Waals surface area contributed by atoms with E-state index in [4.69, 9.17) is 9.47 Å². The molecule has 5 atom stereocenters. The van der Waals surface area contributed by atoms with Gasteiger partial charge in [0.05, 0.1) is 12.6 Å². The van der Waals surface area contributed by atoms with Gasteiger partial charge in [-0.1, -0.05) is 74.9 Å². The summed E-state index contributed by atoms with van der Waals surface area (Å²) in [5.41, 5.74) is 3.62. The molecule has 2 aliphatic carbocycles. The van der Waals surface area contributed by atoms with E-state index in [1.165, 1.54) is 68.6 Å². The molecule has 0 unspecified atom stereocenters. The van der Waals surface area contributed by atoms with Crippen LogP contribution in [0.5, 0.6) is 11.5 Å². The predicted octanol–water partition coefficient (Wildman–Crippen LogP) is 6.82. The van der Waals surface area contributed by atoms with Gasteiger partial charge in [-0.3, -0.25) is 19.3 Å². The molecular formula is C39H52N2O5. The molecule has 0 radical (unpaired) electrons. The molecule has 46 heavy (non-hydrogen) atoms. The fraction of sp³-hybridized carbons (Fsp3) is 0.615. The number of nitrogens with zero attached hydrogens (tertiary/aromatic N) is 2. The number of ketones is 1. The molecular weight excluding hydrogens is 576 g/mol. The molecule has 2 fully saturated rings. The van der Waals surface area contributed by atoms with Crippen LogP contribution in [0.25, 0.3) is 0 Å². The summed E-state index contributed by atoms with van der Waals surface area (Å²) >= 11 is 0. The number of rotatable bonds is 15. The third-order valence-electron chi connectivity index (χ3n) is 11.4. The molecule has 4 aliphatic rings. The van der Waals surface area contributed by atoms with Gasteiger partial charge in [-0.05, 0) is 81.5 Å². The van der Waals surface area contributed by atoms with Crippen LogP contribution in [0.3, 0.4) is 0 Å². The minimum Gasteiger partial charge on any atom is -0.483 e. The van der Waals surface area contributed by atoms with Crippen LogP contribution in [-0.2, 0) is 32.6 Å². The van der Waals surface area contributed by atoms with E-state index < -0.39 is 0 Å². The lowest BCUT2D eigenvalue weighted by Crippen LogP contribution is -2.69. The molecule has 7 heteroatoms. The summed E-state index contributed by atoms with van der Waals surface area (Å²) in [6.45, 7) is 4.41. The SMILES string of the molecule is CC(=O)CN1CC[C@]23c4c5ccc(OC(C)=O)c4O[C@H]2[C@@H](N(C)C(=O)CCCCCCCCCCc2ccccc2)CC[C@H]3[C@H]1C5. The van der Waals surface area contributed by atoms with E-state index in [2.05, 4.69) is 41.3 Å². The van der Waals surface area contributed by atoms with Gasteiger partial charge in [0.25, 0.3) is 0 Å². The lowest BCUT2D eigenvalue weighted by molar-refractivity contribution is -0.141. The van der Waals surface area contributed by atoms with E-state index >= 15 is 0 Å². The van der Waals surface area contributed by atoms with Crippen molar-refractivity contribution in [2.45, 2.75) is 127 Å². The van der Waals surface area contributed by atoms with Gasteiger partial charge in [-0.15, -0.1) is 0 Å². The Kier molecular flexibility index (Phi) is 10.2. The third kappa shape index (κ3) is 6.49. The molecule has 2 aromatic rings. The summed E-state index contributed by atoms with van der Waals surface area (Å²) in [4.78, 5) is 42.2. The van der Waals surface area contributed by atoms with Crippen LogP contribution in [-0.4, -0.2) is 65.8 Å². The number of carbonyl (C=O) groups excluding carboxylic acids is 3. The van der Waals surface area contributed by atoms with Crippen molar-refractivity contribution in [2.75, 3.05) is 20.1 Å². The largest absolute Gasteiger partial charge is 0.483 e. The van der Waals surface area contributed by atoms with Crippen LogP contribution in [0, 0.1) is 5.92 Å². The Balaban J connectivity index is 1.05. The number of likely N-dealkylation sites (N-methyl/N-ethyl adjacent to an activating group) is 1. The first-order valence-corrected chi connectivity index (χ1v) is 17.8. The zero-order valence-corrected chi connectivity index (χ0v) is 28.1. The summed E-state index contributed by atoms with van der Waals surface area (Å²) in [5, 5.41) is 0. The van der Waals surface area contributed by atoms with Crippen molar-refractivity contribution < 1.29 is 23.9 Å². The molecule has 6 rings (SSSR count). The first kappa shape index (κ1) is 32.7. The minimum atomic E-state index is -0.361. The maximum Gasteiger partial charge on any atom is 0.308 e. The molecule has 1 saturated heterocycles. The molecule has 248 valence electrons. The topological polar surface area (TPSA) is 76.2 Å².